The largest absolute Gasteiger partial charge is 0.294 e. The molecule has 0 aliphatic carbocycles. The summed E-state index contributed by atoms with van der Waals surface area (Å²) in [6.07, 6.45) is 0. The second-order valence-electron chi connectivity index (χ2n) is 3.48. The van der Waals surface area contributed by atoms with E-state index in [9.17, 15) is 4.79 Å². The lowest BCUT2D eigenvalue weighted by Gasteiger charge is -2.07. The molecule has 0 saturated carbocycles. The fourth-order valence-electron chi connectivity index (χ4n) is 1.17. The summed E-state index contributed by atoms with van der Waals surface area (Å²) >= 11 is 5.81. The van der Waals surface area contributed by atoms with Gasteiger partial charge in [0.1, 0.15) is 0 Å². The molecule has 0 aromatic heterocycles. The number of carbonyl (C=O) groups excluding carboxylic acids is 1. The number of hydrogen-bond acceptors (Lipinski definition) is 1. The molecular weight excluding hydrogens is 184 g/mol. The number of halogens is 1. The zero-order chi connectivity index (χ0) is 10.0. The maximum atomic E-state index is 11.7. The Morgan fingerprint density at radius 2 is 2.00 bits per heavy atom. The zero-order valence-electron chi connectivity index (χ0n) is 8.10. The first kappa shape index (κ1) is 10.3. The van der Waals surface area contributed by atoms with Crippen LogP contribution in [0.3, 0.4) is 0 Å². The average molecular weight is 197 g/mol. The van der Waals surface area contributed by atoms with E-state index in [2.05, 4.69) is 0 Å². The fourth-order valence-corrected chi connectivity index (χ4v) is 1.34. The van der Waals surface area contributed by atoms with Gasteiger partial charge in [-0.15, -0.1) is 0 Å². The van der Waals surface area contributed by atoms with Crippen LogP contribution in [0.1, 0.15) is 29.8 Å². The lowest BCUT2D eigenvalue weighted by Crippen LogP contribution is -2.08. The number of carbonyl (C=O) groups is 1. The van der Waals surface area contributed by atoms with Crippen molar-refractivity contribution < 1.29 is 4.79 Å². The minimum atomic E-state index is 0.0252. The third-order valence-corrected chi connectivity index (χ3v) is 2.22. The molecule has 0 amide bonds. The van der Waals surface area contributed by atoms with Crippen molar-refractivity contribution in [2.75, 3.05) is 0 Å². The van der Waals surface area contributed by atoms with E-state index >= 15 is 0 Å². The summed E-state index contributed by atoms with van der Waals surface area (Å²) in [5, 5.41) is 0.620. The SMILES string of the molecule is Cc1ccc(Cl)cc1C(=O)C(C)C. The molecule has 0 N–H and O–H groups in total. The molecule has 1 aromatic rings. The quantitative estimate of drug-likeness (QED) is 0.662. The lowest BCUT2D eigenvalue weighted by molar-refractivity contribution is 0.0939. The van der Waals surface area contributed by atoms with E-state index in [4.69, 9.17) is 11.6 Å². The van der Waals surface area contributed by atoms with Crippen molar-refractivity contribution in [2.24, 2.45) is 5.92 Å². The van der Waals surface area contributed by atoms with E-state index in [0.29, 0.717) is 5.02 Å². The maximum absolute atomic E-state index is 11.7. The van der Waals surface area contributed by atoms with Crippen molar-refractivity contribution in [3.05, 3.63) is 34.3 Å². The summed E-state index contributed by atoms with van der Waals surface area (Å²) in [5.74, 6) is 0.178. The molecule has 0 heterocycles. The second-order valence-corrected chi connectivity index (χ2v) is 3.91. The molecule has 0 bridgehead atoms. The minimum Gasteiger partial charge on any atom is -0.294 e. The summed E-state index contributed by atoms with van der Waals surface area (Å²) in [5.41, 5.74) is 1.73. The molecule has 0 saturated heterocycles. The average Bonchev–Trinajstić information content (AvgIpc) is 2.08. The Balaban J connectivity index is 3.13. The molecule has 0 aliphatic heterocycles. The van der Waals surface area contributed by atoms with Gasteiger partial charge in [0.2, 0.25) is 0 Å². The molecule has 1 aromatic carbocycles. The van der Waals surface area contributed by atoms with Crippen LogP contribution < -0.4 is 0 Å². The third kappa shape index (κ3) is 2.31. The van der Waals surface area contributed by atoms with Gasteiger partial charge in [0, 0.05) is 16.5 Å². The van der Waals surface area contributed by atoms with Crippen LogP contribution in [0.25, 0.3) is 0 Å². The first-order chi connectivity index (χ1) is 6.02. The second kappa shape index (κ2) is 3.93. The molecule has 70 valence electrons. The van der Waals surface area contributed by atoms with Gasteiger partial charge >= 0.3 is 0 Å². The van der Waals surface area contributed by atoms with Crippen molar-refractivity contribution in [1.82, 2.24) is 0 Å². The Bertz CT molecular complexity index is 329. The first-order valence-corrected chi connectivity index (χ1v) is 4.70. The molecule has 0 unspecified atom stereocenters. The lowest BCUT2D eigenvalue weighted by atomic mass is 9.97. The van der Waals surface area contributed by atoms with Crippen LogP contribution in [0, 0.1) is 12.8 Å². The highest BCUT2D eigenvalue weighted by Crippen LogP contribution is 2.18. The summed E-state index contributed by atoms with van der Waals surface area (Å²) in [4.78, 5) is 11.7. The molecule has 0 radical (unpaired) electrons. The number of rotatable bonds is 2. The normalized spacial score (nSPS) is 10.5. The van der Waals surface area contributed by atoms with Gasteiger partial charge in [-0.1, -0.05) is 31.5 Å². The van der Waals surface area contributed by atoms with Crippen molar-refractivity contribution >= 4 is 17.4 Å². The predicted molar refractivity (Wildman–Crippen MR) is 55.4 cm³/mol. The summed E-state index contributed by atoms with van der Waals surface area (Å²) in [6, 6.07) is 5.41. The smallest absolute Gasteiger partial charge is 0.165 e. The van der Waals surface area contributed by atoms with Crippen LogP contribution in [0.5, 0.6) is 0 Å². The highest BCUT2D eigenvalue weighted by atomic mass is 35.5. The third-order valence-electron chi connectivity index (χ3n) is 1.99. The number of benzene rings is 1. The van der Waals surface area contributed by atoms with Crippen LogP contribution in [0.15, 0.2) is 18.2 Å². The van der Waals surface area contributed by atoms with E-state index in [1.54, 1.807) is 12.1 Å². The minimum absolute atomic E-state index is 0.0252. The van der Waals surface area contributed by atoms with Gasteiger partial charge in [0.05, 0.1) is 0 Å². The van der Waals surface area contributed by atoms with E-state index in [1.165, 1.54) is 0 Å². The van der Waals surface area contributed by atoms with Crippen molar-refractivity contribution in [1.29, 1.82) is 0 Å². The van der Waals surface area contributed by atoms with Crippen molar-refractivity contribution in [3.8, 4) is 0 Å². The van der Waals surface area contributed by atoms with Crippen LogP contribution in [0.2, 0.25) is 5.02 Å². The highest BCUT2D eigenvalue weighted by molar-refractivity contribution is 6.31. The Kier molecular flexibility index (Phi) is 3.10. The Hall–Kier alpha value is -0.820. The van der Waals surface area contributed by atoms with E-state index < -0.39 is 0 Å². The molecule has 1 nitrogen and oxygen atoms in total. The van der Waals surface area contributed by atoms with Crippen LogP contribution >= 0.6 is 11.6 Å². The van der Waals surface area contributed by atoms with Gasteiger partial charge < -0.3 is 0 Å². The van der Waals surface area contributed by atoms with Gasteiger partial charge in [-0.3, -0.25) is 4.79 Å². The number of ketones is 1. The van der Waals surface area contributed by atoms with Crippen molar-refractivity contribution in [3.63, 3.8) is 0 Å². The van der Waals surface area contributed by atoms with Crippen LogP contribution in [0.4, 0.5) is 0 Å². The van der Waals surface area contributed by atoms with Gasteiger partial charge in [-0.2, -0.15) is 0 Å². The van der Waals surface area contributed by atoms with Gasteiger partial charge in [-0.25, -0.2) is 0 Å². The molecule has 0 fully saturated rings. The number of hydrogen-bond donors (Lipinski definition) is 0. The zero-order valence-corrected chi connectivity index (χ0v) is 8.85. The topological polar surface area (TPSA) is 17.1 Å². The first-order valence-electron chi connectivity index (χ1n) is 4.32. The van der Waals surface area contributed by atoms with Gasteiger partial charge in [0.15, 0.2) is 5.78 Å². The molecule has 2 heteroatoms. The molecular formula is C11H13ClO. The summed E-state index contributed by atoms with van der Waals surface area (Å²) in [7, 11) is 0. The monoisotopic (exact) mass is 196 g/mol. The van der Waals surface area contributed by atoms with Gasteiger partial charge in [-0.05, 0) is 24.6 Å². The van der Waals surface area contributed by atoms with Gasteiger partial charge in [0.25, 0.3) is 0 Å². The Labute approximate surface area is 83.7 Å². The highest BCUT2D eigenvalue weighted by Gasteiger charge is 2.12. The maximum Gasteiger partial charge on any atom is 0.165 e. The van der Waals surface area contributed by atoms with Crippen molar-refractivity contribution in [2.45, 2.75) is 20.8 Å². The molecule has 13 heavy (non-hydrogen) atoms. The Morgan fingerprint density at radius 3 is 2.54 bits per heavy atom. The van der Waals surface area contributed by atoms with E-state index in [-0.39, 0.29) is 11.7 Å². The molecule has 0 spiro atoms. The number of aryl methyl sites for hydroxylation is 1. The molecule has 1 rings (SSSR count). The molecule has 0 atom stereocenters. The van der Waals surface area contributed by atoms with E-state index in [1.807, 2.05) is 26.8 Å². The number of Topliss-reactive ketones (excluding diaryl/α,β-unsaturated/α-hetero) is 1. The predicted octanol–water partition coefficient (Wildman–Crippen LogP) is 3.49. The Morgan fingerprint density at radius 1 is 1.38 bits per heavy atom. The molecule has 0 aliphatic rings. The fraction of sp³-hybridized carbons (Fsp3) is 0.364. The summed E-state index contributed by atoms with van der Waals surface area (Å²) < 4.78 is 0. The van der Waals surface area contributed by atoms with Crippen LogP contribution in [-0.4, -0.2) is 5.78 Å². The standard InChI is InChI=1S/C11H13ClO/c1-7(2)11(13)10-6-9(12)5-4-8(10)3/h4-7H,1-3H3. The van der Waals surface area contributed by atoms with Crippen LogP contribution in [-0.2, 0) is 0 Å². The van der Waals surface area contributed by atoms with E-state index in [0.717, 1.165) is 11.1 Å². The summed E-state index contributed by atoms with van der Waals surface area (Å²) in [6.45, 7) is 5.71.